The van der Waals surface area contributed by atoms with Crippen LogP contribution >= 0.6 is 11.6 Å². The molecule has 25 heavy (non-hydrogen) atoms. The monoisotopic (exact) mass is 359 g/mol. The van der Waals surface area contributed by atoms with Crippen molar-refractivity contribution in [3.8, 4) is 11.5 Å². The first-order chi connectivity index (χ1) is 12.2. The Morgan fingerprint density at radius 2 is 1.72 bits per heavy atom. The van der Waals surface area contributed by atoms with Gasteiger partial charge in [-0.2, -0.15) is 0 Å². The van der Waals surface area contributed by atoms with Crippen molar-refractivity contribution >= 4 is 11.6 Å². The average Bonchev–Trinajstić information content (AvgIpc) is 3.06. The third-order valence-electron chi connectivity index (χ3n) is 4.61. The summed E-state index contributed by atoms with van der Waals surface area (Å²) in [4.78, 5) is 2.54. The largest absolute Gasteiger partial charge is 0.490 e. The molecule has 0 saturated carbocycles. The molecule has 0 aliphatic carbocycles. The van der Waals surface area contributed by atoms with Gasteiger partial charge in [-0.05, 0) is 68.6 Å². The summed E-state index contributed by atoms with van der Waals surface area (Å²) >= 11 is 6.03. The minimum atomic E-state index is 0.458. The fourth-order valence-corrected chi connectivity index (χ4v) is 3.63. The third kappa shape index (κ3) is 4.47. The van der Waals surface area contributed by atoms with E-state index < -0.39 is 0 Å². The topological polar surface area (TPSA) is 21.7 Å². The SMILES string of the molecule is CCOc1ccc(CN2CCC[C@@H]2c2ccc(Cl)cc2)cc1OCC. The number of halogens is 1. The fraction of sp³-hybridized carbons (Fsp3) is 0.429. The zero-order valence-corrected chi connectivity index (χ0v) is 15.8. The molecule has 0 radical (unpaired) electrons. The Labute approximate surface area is 155 Å². The molecule has 1 heterocycles. The van der Waals surface area contributed by atoms with Crippen LogP contribution in [0.1, 0.15) is 43.9 Å². The van der Waals surface area contributed by atoms with Crippen LogP contribution in [-0.4, -0.2) is 24.7 Å². The minimum absolute atomic E-state index is 0.458. The molecule has 3 nitrogen and oxygen atoms in total. The summed E-state index contributed by atoms with van der Waals surface area (Å²) < 4.78 is 11.4. The van der Waals surface area contributed by atoms with E-state index in [1.807, 2.05) is 32.0 Å². The summed E-state index contributed by atoms with van der Waals surface area (Å²) in [5, 5.41) is 0.793. The molecule has 1 fully saturated rings. The van der Waals surface area contributed by atoms with Crippen molar-refractivity contribution in [1.29, 1.82) is 0 Å². The van der Waals surface area contributed by atoms with Crippen LogP contribution in [-0.2, 0) is 6.54 Å². The lowest BCUT2D eigenvalue weighted by molar-refractivity contribution is 0.247. The maximum atomic E-state index is 6.03. The zero-order chi connectivity index (χ0) is 17.6. The summed E-state index contributed by atoms with van der Waals surface area (Å²) in [6.45, 7) is 7.30. The second-order valence-corrected chi connectivity index (χ2v) is 6.76. The van der Waals surface area contributed by atoms with E-state index in [1.54, 1.807) is 0 Å². The highest BCUT2D eigenvalue weighted by atomic mass is 35.5. The van der Waals surface area contributed by atoms with Crippen LogP contribution in [0.15, 0.2) is 42.5 Å². The van der Waals surface area contributed by atoms with E-state index in [2.05, 4.69) is 29.2 Å². The maximum Gasteiger partial charge on any atom is 0.161 e. The van der Waals surface area contributed by atoms with Crippen LogP contribution in [0.25, 0.3) is 0 Å². The predicted octanol–water partition coefficient (Wildman–Crippen LogP) is 5.47. The molecule has 1 aliphatic rings. The zero-order valence-electron chi connectivity index (χ0n) is 15.0. The number of benzene rings is 2. The first kappa shape index (κ1) is 18.1. The summed E-state index contributed by atoms with van der Waals surface area (Å²) in [6.07, 6.45) is 2.42. The lowest BCUT2D eigenvalue weighted by atomic mass is 10.0. The van der Waals surface area contributed by atoms with Crippen LogP contribution < -0.4 is 9.47 Å². The Hall–Kier alpha value is -1.71. The van der Waals surface area contributed by atoms with Crippen molar-refractivity contribution in [2.75, 3.05) is 19.8 Å². The average molecular weight is 360 g/mol. The van der Waals surface area contributed by atoms with Gasteiger partial charge in [0.2, 0.25) is 0 Å². The highest BCUT2D eigenvalue weighted by Crippen LogP contribution is 2.35. The van der Waals surface area contributed by atoms with Gasteiger partial charge in [-0.1, -0.05) is 29.8 Å². The minimum Gasteiger partial charge on any atom is -0.490 e. The molecule has 0 N–H and O–H groups in total. The van der Waals surface area contributed by atoms with Crippen molar-refractivity contribution in [2.45, 2.75) is 39.3 Å². The van der Waals surface area contributed by atoms with Crippen LogP contribution in [0.2, 0.25) is 5.02 Å². The molecule has 0 aromatic heterocycles. The predicted molar refractivity (Wildman–Crippen MR) is 103 cm³/mol. The fourth-order valence-electron chi connectivity index (χ4n) is 3.51. The number of likely N-dealkylation sites (tertiary alicyclic amines) is 1. The Bertz CT molecular complexity index is 687. The van der Waals surface area contributed by atoms with Crippen LogP contribution in [0, 0.1) is 0 Å². The van der Waals surface area contributed by atoms with Gasteiger partial charge in [-0.15, -0.1) is 0 Å². The molecule has 1 atom stereocenters. The number of hydrogen-bond acceptors (Lipinski definition) is 3. The van der Waals surface area contributed by atoms with Crippen molar-refractivity contribution in [3.63, 3.8) is 0 Å². The van der Waals surface area contributed by atoms with Gasteiger partial charge in [0.1, 0.15) is 0 Å². The summed E-state index contributed by atoms with van der Waals surface area (Å²) in [6, 6.07) is 15.0. The van der Waals surface area contributed by atoms with Gasteiger partial charge in [0.05, 0.1) is 13.2 Å². The van der Waals surface area contributed by atoms with E-state index in [9.17, 15) is 0 Å². The van der Waals surface area contributed by atoms with E-state index in [4.69, 9.17) is 21.1 Å². The molecule has 0 unspecified atom stereocenters. The van der Waals surface area contributed by atoms with Gasteiger partial charge in [0.25, 0.3) is 0 Å². The number of hydrogen-bond donors (Lipinski definition) is 0. The van der Waals surface area contributed by atoms with Gasteiger partial charge < -0.3 is 9.47 Å². The highest BCUT2D eigenvalue weighted by Gasteiger charge is 2.26. The van der Waals surface area contributed by atoms with Gasteiger partial charge in [-0.3, -0.25) is 4.90 Å². The van der Waals surface area contributed by atoms with Gasteiger partial charge >= 0.3 is 0 Å². The molecule has 1 aliphatic heterocycles. The normalized spacial score (nSPS) is 17.6. The number of rotatable bonds is 7. The lowest BCUT2D eigenvalue weighted by Gasteiger charge is -2.25. The summed E-state index contributed by atoms with van der Waals surface area (Å²) in [5.74, 6) is 1.66. The van der Waals surface area contributed by atoms with Gasteiger partial charge in [-0.25, -0.2) is 0 Å². The van der Waals surface area contributed by atoms with E-state index in [0.717, 1.165) is 29.6 Å². The molecule has 3 rings (SSSR count). The first-order valence-electron chi connectivity index (χ1n) is 9.09. The van der Waals surface area contributed by atoms with Crippen LogP contribution in [0.3, 0.4) is 0 Å². The highest BCUT2D eigenvalue weighted by molar-refractivity contribution is 6.30. The molecule has 2 aromatic carbocycles. The number of nitrogens with zero attached hydrogens (tertiary/aromatic N) is 1. The smallest absolute Gasteiger partial charge is 0.161 e. The Balaban J connectivity index is 1.76. The number of ether oxygens (including phenoxy) is 2. The Kier molecular flexibility index (Phi) is 6.22. The molecular weight excluding hydrogens is 334 g/mol. The van der Waals surface area contributed by atoms with Gasteiger partial charge in [0.15, 0.2) is 11.5 Å². The van der Waals surface area contributed by atoms with Crippen molar-refractivity contribution < 1.29 is 9.47 Å². The second-order valence-electron chi connectivity index (χ2n) is 6.33. The van der Waals surface area contributed by atoms with E-state index in [-0.39, 0.29) is 0 Å². The van der Waals surface area contributed by atoms with E-state index >= 15 is 0 Å². The molecule has 134 valence electrons. The summed E-state index contributed by atoms with van der Waals surface area (Å²) in [5.41, 5.74) is 2.60. The second kappa shape index (κ2) is 8.59. The molecule has 0 bridgehead atoms. The van der Waals surface area contributed by atoms with Gasteiger partial charge in [0, 0.05) is 17.6 Å². The quantitative estimate of drug-likeness (QED) is 0.653. The lowest BCUT2D eigenvalue weighted by Crippen LogP contribution is -2.22. The standard InChI is InChI=1S/C21H26ClNO2/c1-3-24-20-12-7-16(14-21(20)25-4-2)15-23-13-5-6-19(23)17-8-10-18(22)11-9-17/h7-12,14,19H,3-6,13,15H2,1-2H3/t19-/m1/s1. The van der Waals surface area contributed by atoms with E-state index in [0.29, 0.717) is 19.3 Å². The van der Waals surface area contributed by atoms with E-state index in [1.165, 1.54) is 24.0 Å². The van der Waals surface area contributed by atoms with Crippen molar-refractivity contribution in [1.82, 2.24) is 4.90 Å². The third-order valence-corrected chi connectivity index (χ3v) is 4.86. The van der Waals surface area contributed by atoms with Crippen LogP contribution in [0.4, 0.5) is 0 Å². The Morgan fingerprint density at radius 1 is 1.00 bits per heavy atom. The van der Waals surface area contributed by atoms with Crippen LogP contribution in [0.5, 0.6) is 11.5 Å². The van der Waals surface area contributed by atoms with Crippen molar-refractivity contribution in [3.05, 3.63) is 58.6 Å². The summed E-state index contributed by atoms with van der Waals surface area (Å²) in [7, 11) is 0. The Morgan fingerprint density at radius 3 is 2.44 bits per heavy atom. The molecule has 4 heteroatoms. The molecule has 2 aromatic rings. The maximum absolute atomic E-state index is 6.03. The molecule has 0 amide bonds. The molecular formula is C21H26ClNO2. The molecule has 0 spiro atoms. The van der Waals surface area contributed by atoms with Crippen molar-refractivity contribution in [2.24, 2.45) is 0 Å². The molecule has 1 saturated heterocycles. The first-order valence-corrected chi connectivity index (χ1v) is 9.47.